The summed E-state index contributed by atoms with van der Waals surface area (Å²) in [6, 6.07) is -0.779. The molecule has 0 bridgehead atoms. The SMILES string of the molecule is CCOC(=O)C1NN=C(P(=O)(OCC)OCC)C1=C(C)C. The molecule has 0 radical (unpaired) electrons. The second kappa shape index (κ2) is 7.73. The van der Waals surface area contributed by atoms with Crippen LogP contribution in [0.5, 0.6) is 0 Å². The number of rotatable bonds is 7. The second-order valence-corrected chi connectivity index (χ2v) is 6.43. The van der Waals surface area contributed by atoms with Crippen molar-refractivity contribution in [3.8, 4) is 0 Å². The van der Waals surface area contributed by atoms with Gasteiger partial charge in [0.05, 0.1) is 19.8 Å². The lowest BCUT2D eigenvalue weighted by Crippen LogP contribution is -2.34. The molecule has 1 unspecified atom stereocenters. The van der Waals surface area contributed by atoms with E-state index in [1.807, 2.05) is 13.8 Å². The van der Waals surface area contributed by atoms with Gasteiger partial charge in [0.2, 0.25) is 0 Å². The van der Waals surface area contributed by atoms with E-state index in [1.54, 1.807) is 20.8 Å². The van der Waals surface area contributed by atoms with Crippen LogP contribution in [0.25, 0.3) is 0 Å². The van der Waals surface area contributed by atoms with Crippen molar-refractivity contribution in [1.82, 2.24) is 5.43 Å². The minimum Gasteiger partial charge on any atom is -0.464 e. The van der Waals surface area contributed by atoms with Gasteiger partial charge in [-0.15, -0.1) is 0 Å². The van der Waals surface area contributed by atoms with Gasteiger partial charge in [-0.25, -0.2) is 4.79 Å². The first-order valence-electron chi connectivity index (χ1n) is 6.98. The van der Waals surface area contributed by atoms with Crippen molar-refractivity contribution < 1.29 is 23.1 Å². The summed E-state index contributed by atoms with van der Waals surface area (Å²) in [5.74, 6) is -0.466. The molecule has 0 amide bonds. The van der Waals surface area contributed by atoms with Crippen LogP contribution in [0, 0.1) is 0 Å². The molecule has 0 spiro atoms. The van der Waals surface area contributed by atoms with Crippen LogP contribution in [0.4, 0.5) is 0 Å². The van der Waals surface area contributed by atoms with Crippen LogP contribution < -0.4 is 5.43 Å². The standard InChI is InChI=1S/C13H23N2O5P/c1-6-18-13(16)11-10(9(4)5)12(15-14-11)21(17,19-7-2)20-8-3/h11,14H,6-8H2,1-5H3. The maximum Gasteiger partial charge on any atom is 0.381 e. The molecule has 0 fully saturated rings. The van der Waals surface area contributed by atoms with Gasteiger partial charge in [-0.05, 0) is 34.6 Å². The molecular formula is C13H23N2O5P. The van der Waals surface area contributed by atoms with Gasteiger partial charge in [0, 0.05) is 5.57 Å². The van der Waals surface area contributed by atoms with Crippen LogP contribution in [0.2, 0.25) is 0 Å². The number of carbonyl (C=O) groups is 1. The molecule has 0 saturated carbocycles. The molecule has 1 heterocycles. The summed E-state index contributed by atoms with van der Waals surface area (Å²) in [5, 5.41) is 4.03. The third kappa shape index (κ3) is 3.93. The zero-order valence-corrected chi connectivity index (χ0v) is 14.0. The third-order valence-corrected chi connectivity index (χ3v) is 4.80. The Morgan fingerprint density at radius 3 is 2.19 bits per heavy atom. The van der Waals surface area contributed by atoms with Crippen LogP contribution in [-0.4, -0.2) is 37.3 Å². The van der Waals surface area contributed by atoms with Crippen molar-refractivity contribution in [3.63, 3.8) is 0 Å². The van der Waals surface area contributed by atoms with Gasteiger partial charge in [-0.3, -0.25) is 9.99 Å². The first-order chi connectivity index (χ1) is 9.91. The zero-order valence-electron chi connectivity index (χ0n) is 13.1. The van der Waals surface area contributed by atoms with Gasteiger partial charge >= 0.3 is 13.6 Å². The van der Waals surface area contributed by atoms with E-state index < -0.39 is 19.6 Å². The fourth-order valence-electron chi connectivity index (χ4n) is 2.00. The number of carbonyl (C=O) groups excluding carboxylic acids is 1. The summed E-state index contributed by atoms with van der Waals surface area (Å²) in [6.45, 7) is 9.49. The van der Waals surface area contributed by atoms with E-state index in [-0.39, 0.29) is 25.3 Å². The molecule has 0 aliphatic carbocycles. The van der Waals surface area contributed by atoms with Crippen LogP contribution in [0.1, 0.15) is 34.6 Å². The zero-order chi connectivity index (χ0) is 16.0. The minimum absolute atomic E-state index is 0.157. The van der Waals surface area contributed by atoms with Crippen molar-refractivity contribution in [2.45, 2.75) is 40.7 Å². The fraction of sp³-hybridized carbons (Fsp3) is 0.692. The minimum atomic E-state index is -3.55. The van der Waals surface area contributed by atoms with Gasteiger partial charge in [0.15, 0.2) is 11.5 Å². The summed E-state index contributed by atoms with van der Waals surface area (Å²) < 4.78 is 28.5. The molecular weight excluding hydrogens is 295 g/mol. The lowest BCUT2D eigenvalue weighted by molar-refractivity contribution is -0.144. The Balaban J connectivity index is 3.16. The monoisotopic (exact) mass is 318 g/mol. The molecule has 21 heavy (non-hydrogen) atoms. The fourth-order valence-corrected chi connectivity index (χ4v) is 3.82. The normalized spacial score (nSPS) is 18.2. The highest BCUT2D eigenvalue weighted by Crippen LogP contribution is 2.53. The summed E-state index contributed by atoms with van der Waals surface area (Å²) in [6.07, 6.45) is 0. The molecule has 120 valence electrons. The molecule has 1 aliphatic heterocycles. The van der Waals surface area contributed by atoms with E-state index in [0.29, 0.717) is 5.57 Å². The highest BCUT2D eigenvalue weighted by Gasteiger charge is 2.44. The highest BCUT2D eigenvalue weighted by molar-refractivity contribution is 7.73. The molecule has 0 aromatic heterocycles. The Kier molecular flexibility index (Phi) is 6.58. The molecule has 1 N–H and O–H groups in total. The largest absolute Gasteiger partial charge is 0.464 e. The maximum atomic E-state index is 12.9. The van der Waals surface area contributed by atoms with E-state index in [2.05, 4.69) is 10.5 Å². The number of allylic oxidation sites excluding steroid dienone is 1. The molecule has 1 atom stereocenters. The van der Waals surface area contributed by atoms with Gasteiger partial charge < -0.3 is 13.8 Å². The predicted octanol–water partition coefficient (Wildman–Crippen LogP) is 2.44. The van der Waals surface area contributed by atoms with Crippen molar-refractivity contribution in [2.75, 3.05) is 19.8 Å². The van der Waals surface area contributed by atoms with E-state index in [4.69, 9.17) is 13.8 Å². The first-order valence-corrected chi connectivity index (χ1v) is 8.52. The summed E-state index contributed by atoms with van der Waals surface area (Å²) in [7, 11) is -3.55. The Labute approximate surface area is 125 Å². The Morgan fingerprint density at radius 1 is 1.19 bits per heavy atom. The molecule has 0 saturated heterocycles. The first kappa shape index (κ1) is 17.9. The van der Waals surface area contributed by atoms with Crippen LogP contribution in [-0.2, 0) is 23.1 Å². The van der Waals surface area contributed by atoms with E-state index in [1.165, 1.54) is 0 Å². The smallest absolute Gasteiger partial charge is 0.381 e. The number of hydrogen-bond acceptors (Lipinski definition) is 7. The van der Waals surface area contributed by atoms with Crippen molar-refractivity contribution in [1.29, 1.82) is 0 Å². The quantitative estimate of drug-likeness (QED) is 0.573. The summed E-state index contributed by atoms with van der Waals surface area (Å²) >= 11 is 0. The highest BCUT2D eigenvalue weighted by atomic mass is 31.2. The van der Waals surface area contributed by atoms with E-state index in [9.17, 15) is 9.36 Å². The van der Waals surface area contributed by atoms with E-state index >= 15 is 0 Å². The lowest BCUT2D eigenvalue weighted by atomic mass is 10.1. The molecule has 0 aromatic rings. The number of esters is 1. The maximum absolute atomic E-state index is 12.9. The molecule has 7 nitrogen and oxygen atoms in total. The Morgan fingerprint density at radius 2 is 1.76 bits per heavy atom. The van der Waals surface area contributed by atoms with Crippen molar-refractivity contribution in [2.24, 2.45) is 5.10 Å². The predicted molar refractivity (Wildman–Crippen MR) is 80.2 cm³/mol. The number of nitrogens with zero attached hydrogens (tertiary/aromatic N) is 1. The third-order valence-electron chi connectivity index (χ3n) is 2.75. The topological polar surface area (TPSA) is 86.2 Å². The van der Waals surface area contributed by atoms with Crippen molar-refractivity contribution >= 4 is 19.0 Å². The number of ether oxygens (including phenoxy) is 1. The van der Waals surface area contributed by atoms with Gasteiger partial charge in [0.1, 0.15) is 0 Å². The summed E-state index contributed by atoms with van der Waals surface area (Å²) in [5.41, 5.74) is 4.14. The van der Waals surface area contributed by atoms with Crippen molar-refractivity contribution in [3.05, 3.63) is 11.1 Å². The molecule has 1 aliphatic rings. The number of hydrogen-bond donors (Lipinski definition) is 1. The second-order valence-electron chi connectivity index (χ2n) is 4.50. The number of hydrazone groups is 1. The van der Waals surface area contributed by atoms with Crippen LogP contribution in [0.15, 0.2) is 16.2 Å². The number of nitrogens with one attached hydrogen (secondary N) is 1. The lowest BCUT2D eigenvalue weighted by Gasteiger charge is -2.19. The average Bonchev–Trinajstić information content (AvgIpc) is 2.85. The Bertz CT molecular complexity index is 487. The molecule has 1 rings (SSSR count). The Hall–Kier alpha value is -1.17. The van der Waals surface area contributed by atoms with Gasteiger partial charge in [0.25, 0.3) is 0 Å². The van der Waals surface area contributed by atoms with Crippen LogP contribution in [0.3, 0.4) is 0 Å². The van der Waals surface area contributed by atoms with Gasteiger partial charge in [-0.1, -0.05) is 5.57 Å². The average molecular weight is 318 g/mol. The van der Waals surface area contributed by atoms with Crippen LogP contribution >= 0.6 is 7.60 Å². The molecule has 8 heteroatoms. The molecule has 0 aromatic carbocycles. The summed E-state index contributed by atoms with van der Waals surface area (Å²) in [4.78, 5) is 12.0. The van der Waals surface area contributed by atoms with Gasteiger partial charge in [-0.2, -0.15) is 5.10 Å². The van der Waals surface area contributed by atoms with E-state index in [0.717, 1.165) is 5.57 Å².